The van der Waals surface area contributed by atoms with E-state index >= 15 is 0 Å². The number of para-hydroxylation sites is 1. The Hall–Kier alpha value is -2.47. The lowest BCUT2D eigenvalue weighted by Crippen LogP contribution is -2.37. The van der Waals surface area contributed by atoms with Crippen molar-refractivity contribution in [3.05, 3.63) is 60.2 Å². The summed E-state index contributed by atoms with van der Waals surface area (Å²) in [5.41, 5.74) is 1.71. The van der Waals surface area contributed by atoms with E-state index in [2.05, 4.69) is 27.7 Å². The Bertz CT molecular complexity index is 705. The molecule has 6 heteroatoms. The van der Waals surface area contributed by atoms with Gasteiger partial charge in [-0.2, -0.15) is 0 Å². The van der Waals surface area contributed by atoms with Gasteiger partial charge in [0.15, 0.2) is 0 Å². The van der Waals surface area contributed by atoms with Gasteiger partial charge < -0.3 is 15.5 Å². The van der Waals surface area contributed by atoms with Crippen LogP contribution in [-0.4, -0.2) is 44.8 Å². The highest BCUT2D eigenvalue weighted by atomic mass is 32.2. The molecule has 26 heavy (non-hydrogen) atoms. The Morgan fingerprint density at radius 1 is 1.00 bits per heavy atom. The van der Waals surface area contributed by atoms with Gasteiger partial charge in [-0.3, -0.25) is 9.59 Å². The topological polar surface area (TPSA) is 61.4 Å². The SMILES string of the molecule is CSc1ccc(C(=O)NCC(=O)NCCCN(C)c2ccccc2)cc1. The largest absolute Gasteiger partial charge is 0.375 e. The van der Waals surface area contributed by atoms with E-state index in [1.165, 1.54) is 0 Å². The average Bonchev–Trinajstić information content (AvgIpc) is 2.70. The first-order chi connectivity index (χ1) is 12.6. The number of hydrogen-bond donors (Lipinski definition) is 2. The van der Waals surface area contributed by atoms with E-state index in [-0.39, 0.29) is 18.4 Å². The number of carbonyl (C=O) groups excluding carboxylic acids is 2. The zero-order valence-corrected chi connectivity index (χ0v) is 16.0. The fourth-order valence-electron chi connectivity index (χ4n) is 2.42. The number of carbonyl (C=O) groups is 2. The molecule has 0 spiro atoms. The third-order valence-electron chi connectivity index (χ3n) is 3.95. The van der Waals surface area contributed by atoms with Crippen molar-refractivity contribution in [3.63, 3.8) is 0 Å². The number of hydrogen-bond acceptors (Lipinski definition) is 4. The molecule has 0 aliphatic carbocycles. The van der Waals surface area contributed by atoms with Crippen molar-refractivity contribution in [1.29, 1.82) is 0 Å². The summed E-state index contributed by atoms with van der Waals surface area (Å²) >= 11 is 1.62. The monoisotopic (exact) mass is 371 g/mol. The quantitative estimate of drug-likeness (QED) is 0.526. The summed E-state index contributed by atoms with van der Waals surface area (Å²) in [6.07, 6.45) is 2.82. The lowest BCUT2D eigenvalue weighted by molar-refractivity contribution is -0.120. The zero-order chi connectivity index (χ0) is 18.8. The summed E-state index contributed by atoms with van der Waals surface area (Å²) in [5, 5.41) is 5.47. The molecule has 0 aliphatic rings. The number of amides is 2. The van der Waals surface area contributed by atoms with Crippen molar-refractivity contribution in [2.75, 3.05) is 37.8 Å². The van der Waals surface area contributed by atoms with Crippen LogP contribution in [0.4, 0.5) is 5.69 Å². The summed E-state index contributed by atoms with van der Waals surface area (Å²) in [5.74, 6) is -0.418. The molecular weight excluding hydrogens is 346 g/mol. The van der Waals surface area contributed by atoms with Gasteiger partial charge in [-0.15, -0.1) is 11.8 Å². The van der Waals surface area contributed by atoms with Crippen molar-refractivity contribution in [2.24, 2.45) is 0 Å². The summed E-state index contributed by atoms with van der Waals surface area (Å²) in [4.78, 5) is 27.1. The molecule has 2 amide bonds. The molecule has 5 nitrogen and oxygen atoms in total. The predicted octanol–water partition coefficient (Wildman–Crippen LogP) is 2.78. The molecule has 0 aromatic heterocycles. The predicted molar refractivity (Wildman–Crippen MR) is 108 cm³/mol. The second-order valence-corrected chi connectivity index (χ2v) is 6.75. The van der Waals surface area contributed by atoms with Crippen LogP contribution in [0.3, 0.4) is 0 Å². The van der Waals surface area contributed by atoms with Gasteiger partial charge in [-0.1, -0.05) is 18.2 Å². The lowest BCUT2D eigenvalue weighted by Gasteiger charge is -2.19. The van der Waals surface area contributed by atoms with E-state index in [1.54, 1.807) is 23.9 Å². The molecule has 2 rings (SSSR count). The van der Waals surface area contributed by atoms with Crippen molar-refractivity contribution in [3.8, 4) is 0 Å². The van der Waals surface area contributed by atoms with Crippen LogP contribution in [0.1, 0.15) is 16.8 Å². The van der Waals surface area contributed by atoms with Gasteiger partial charge in [-0.05, 0) is 49.1 Å². The molecule has 2 N–H and O–H groups in total. The summed E-state index contributed by atoms with van der Waals surface area (Å²) in [6.45, 7) is 1.41. The minimum atomic E-state index is -0.239. The Balaban J connectivity index is 1.63. The van der Waals surface area contributed by atoms with Gasteiger partial charge in [0.25, 0.3) is 5.91 Å². The van der Waals surface area contributed by atoms with Crippen LogP contribution in [0, 0.1) is 0 Å². The number of nitrogens with zero attached hydrogens (tertiary/aromatic N) is 1. The van der Waals surface area contributed by atoms with Crippen LogP contribution in [-0.2, 0) is 4.79 Å². The molecule has 0 saturated carbocycles. The molecule has 2 aromatic carbocycles. The Kier molecular flexibility index (Phi) is 8.02. The second-order valence-electron chi connectivity index (χ2n) is 5.87. The van der Waals surface area contributed by atoms with E-state index in [0.717, 1.165) is 23.5 Å². The normalized spacial score (nSPS) is 10.2. The van der Waals surface area contributed by atoms with Gasteiger partial charge >= 0.3 is 0 Å². The van der Waals surface area contributed by atoms with Crippen LogP contribution in [0.15, 0.2) is 59.5 Å². The van der Waals surface area contributed by atoms with Crippen LogP contribution in [0.2, 0.25) is 0 Å². The van der Waals surface area contributed by atoms with Crippen molar-refractivity contribution < 1.29 is 9.59 Å². The molecular formula is C20H25N3O2S. The fourth-order valence-corrected chi connectivity index (χ4v) is 2.83. The van der Waals surface area contributed by atoms with Crippen LogP contribution < -0.4 is 15.5 Å². The first kappa shape index (κ1) is 19.8. The minimum absolute atomic E-state index is 0.0162. The maximum atomic E-state index is 12.0. The summed E-state index contributed by atoms with van der Waals surface area (Å²) in [7, 11) is 2.03. The molecule has 0 unspecified atom stereocenters. The van der Waals surface area contributed by atoms with Gasteiger partial charge in [0.05, 0.1) is 6.54 Å². The summed E-state index contributed by atoms with van der Waals surface area (Å²) in [6, 6.07) is 17.4. The third-order valence-corrected chi connectivity index (χ3v) is 4.69. The maximum Gasteiger partial charge on any atom is 0.251 e. The molecule has 0 atom stereocenters. The smallest absolute Gasteiger partial charge is 0.251 e. The first-order valence-electron chi connectivity index (χ1n) is 8.55. The van der Waals surface area contributed by atoms with Crippen LogP contribution in [0.5, 0.6) is 0 Å². The molecule has 0 bridgehead atoms. The van der Waals surface area contributed by atoms with Gasteiger partial charge in [-0.25, -0.2) is 0 Å². The van der Waals surface area contributed by atoms with Gasteiger partial charge in [0, 0.05) is 36.3 Å². The van der Waals surface area contributed by atoms with Crippen molar-refractivity contribution >= 4 is 29.3 Å². The van der Waals surface area contributed by atoms with Gasteiger partial charge in [0.1, 0.15) is 0 Å². The van der Waals surface area contributed by atoms with E-state index in [9.17, 15) is 9.59 Å². The van der Waals surface area contributed by atoms with E-state index in [4.69, 9.17) is 0 Å². The molecule has 2 aromatic rings. The van der Waals surface area contributed by atoms with Gasteiger partial charge in [0.2, 0.25) is 5.91 Å². The molecule has 0 aliphatic heterocycles. The van der Waals surface area contributed by atoms with Crippen LogP contribution in [0.25, 0.3) is 0 Å². The highest BCUT2D eigenvalue weighted by Gasteiger charge is 2.08. The number of thioether (sulfide) groups is 1. The number of rotatable bonds is 9. The highest BCUT2D eigenvalue weighted by Crippen LogP contribution is 2.14. The minimum Gasteiger partial charge on any atom is -0.375 e. The molecule has 138 valence electrons. The number of benzene rings is 2. The molecule has 0 saturated heterocycles. The van der Waals surface area contributed by atoms with Crippen molar-refractivity contribution in [2.45, 2.75) is 11.3 Å². The molecule has 0 heterocycles. The standard InChI is InChI=1S/C20H25N3O2S/c1-23(17-7-4-3-5-8-17)14-6-13-21-19(24)15-22-20(25)16-9-11-18(26-2)12-10-16/h3-5,7-12H,6,13-15H2,1-2H3,(H,21,24)(H,22,25). The van der Waals surface area contributed by atoms with Crippen LogP contribution >= 0.6 is 11.8 Å². The molecule has 0 fully saturated rings. The summed E-state index contributed by atoms with van der Waals surface area (Å²) < 4.78 is 0. The highest BCUT2D eigenvalue weighted by molar-refractivity contribution is 7.98. The number of nitrogens with one attached hydrogen (secondary N) is 2. The molecule has 0 radical (unpaired) electrons. The zero-order valence-electron chi connectivity index (χ0n) is 15.2. The maximum absolute atomic E-state index is 12.0. The Morgan fingerprint density at radius 2 is 1.69 bits per heavy atom. The van der Waals surface area contributed by atoms with Crippen molar-refractivity contribution in [1.82, 2.24) is 10.6 Å². The van der Waals surface area contributed by atoms with E-state index < -0.39 is 0 Å². The van der Waals surface area contributed by atoms with E-state index in [1.807, 2.05) is 43.6 Å². The lowest BCUT2D eigenvalue weighted by atomic mass is 10.2. The average molecular weight is 372 g/mol. The van der Waals surface area contributed by atoms with E-state index in [0.29, 0.717) is 12.1 Å². The first-order valence-corrected chi connectivity index (χ1v) is 9.78. The second kappa shape index (κ2) is 10.5. The fraction of sp³-hybridized carbons (Fsp3) is 0.300. The third kappa shape index (κ3) is 6.44. The Labute approximate surface area is 159 Å². The number of anilines is 1. The Morgan fingerprint density at radius 3 is 2.35 bits per heavy atom.